The van der Waals surface area contributed by atoms with Crippen molar-refractivity contribution in [3.8, 4) is 34.1 Å². The molecule has 0 radical (unpaired) electrons. The van der Waals surface area contributed by atoms with Crippen LogP contribution >= 0.6 is 0 Å². The fraction of sp³-hybridized carbons (Fsp3) is 0.0339. The molecule has 13 aromatic rings. The summed E-state index contributed by atoms with van der Waals surface area (Å²) in [4.78, 5) is 5.30. The maximum absolute atomic E-state index is 5.30. The Hall–Kier alpha value is -8.41. The Labute approximate surface area is 368 Å². The van der Waals surface area contributed by atoms with Crippen LogP contribution in [0.15, 0.2) is 206 Å². The van der Waals surface area contributed by atoms with Crippen molar-refractivity contribution in [2.75, 3.05) is 0 Å². The molecule has 0 saturated heterocycles. The van der Waals surface area contributed by atoms with Crippen LogP contribution in [0.4, 0.5) is 0 Å². The molecule has 0 fully saturated rings. The van der Waals surface area contributed by atoms with E-state index in [0.717, 1.165) is 58.0 Å². The number of para-hydroxylation sites is 4. The summed E-state index contributed by atoms with van der Waals surface area (Å²) < 4.78 is 9.92. The van der Waals surface area contributed by atoms with Gasteiger partial charge in [-0.3, -0.25) is 4.57 Å². The monoisotopic (exact) mass is 817 g/mol. The molecule has 0 aliphatic heterocycles. The van der Waals surface area contributed by atoms with Crippen molar-refractivity contribution in [2.45, 2.75) is 12.8 Å². The van der Waals surface area contributed by atoms with Crippen LogP contribution in [0.2, 0.25) is 0 Å². The highest BCUT2D eigenvalue weighted by Gasteiger charge is 2.26. The second-order valence-corrected chi connectivity index (χ2v) is 17.0. The van der Waals surface area contributed by atoms with Crippen LogP contribution in [0.3, 0.4) is 0 Å². The number of hydrogen-bond donors (Lipinski definition) is 0. The third kappa shape index (κ3) is 4.92. The molecule has 0 spiro atoms. The molecule has 300 valence electrons. The van der Waals surface area contributed by atoms with E-state index < -0.39 is 0 Å². The first-order chi connectivity index (χ1) is 31.8. The number of fused-ring (bicyclic) bond motifs is 14. The first-order valence-corrected chi connectivity index (χ1v) is 22.2. The Morgan fingerprint density at radius 1 is 0.375 bits per heavy atom. The molecule has 64 heavy (non-hydrogen) atoms. The van der Waals surface area contributed by atoms with Crippen LogP contribution in [0, 0.1) is 0 Å². The number of benzene rings is 8. The van der Waals surface area contributed by atoms with Crippen LogP contribution in [-0.4, -0.2) is 23.3 Å². The van der Waals surface area contributed by atoms with Gasteiger partial charge in [0.05, 0.1) is 44.3 Å². The van der Waals surface area contributed by atoms with E-state index in [4.69, 9.17) is 4.98 Å². The van der Waals surface area contributed by atoms with Crippen molar-refractivity contribution in [1.82, 2.24) is 23.3 Å². The smallest absolute Gasteiger partial charge is 0.138 e. The molecule has 0 bridgehead atoms. The molecular weight excluding hydrogens is 779 g/mol. The molecule has 5 aromatic heterocycles. The van der Waals surface area contributed by atoms with Gasteiger partial charge in [0.2, 0.25) is 0 Å². The molecule has 0 N–H and O–H groups in total. The van der Waals surface area contributed by atoms with Gasteiger partial charge in [-0.15, -0.1) is 0 Å². The number of hydrogen-bond acceptors (Lipinski definition) is 1. The highest BCUT2D eigenvalue weighted by molar-refractivity contribution is 6.26. The van der Waals surface area contributed by atoms with Crippen LogP contribution in [0.1, 0.15) is 17.7 Å². The molecular formula is C59H39N5. The number of aromatic nitrogens is 5. The first kappa shape index (κ1) is 35.2. The molecule has 0 atom stereocenters. The van der Waals surface area contributed by atoms with Crippen LogP contribution in [-0.2, 0) is 6.42 Å². The van der Waals surface area contributed by atoms with Crippen molar-refractivity contribution in [3.63, 3.8) is 0 Å². The summed E-state index contributed by atoms with van der Waals surface area (Å²) in [6, 6.07) is 72.8. The van der Waals surface area contributed by atoms with Crippen LogP contribution in [0.25, 0.3) is 117 Å². The van der Waals surface area contributed by atoms with Gasteiger partial charge in [0.15, 0.2) is 0 Å². The van der Waals surface area contributed by atoms with Gasteiger partial charge in [-0.25, -0.2) is 4.98 Å². The highest BCUT2D eigenvalue weighted by Crippen LogP contribution is 2.45. The quantitative estimate of drug-likeness (QED) is 0.170. The second-order valence-electron chi connectivity index (χ2n) is 17.0. The van der Waals surface area contributed by atoms with E-state index in [-0.39, 0.29) is 0 Å². The standard InChI is InChI=1S/C59H39N5/c1-3-17-38(18-4-1)49-27-16-32-55(60-49)64-53-31-14-10-26-48(53)56-54(64)36-35-45-42-23-7-12-29-51(42)62(57(45)56)40-21-15-22-41(37-40)63-52-30-13-9-25-44(52)47-34-33-46-43-24-8-11-28-50(43)61(58(46)59(47)63)39-19-5-2-6-20-39/h1-12,14-29,31-37H,13,30H2. The average Bonchev–Trinajstić information content (AvgIpc) is 4.10. The lowest BCUT2D eigenvalue weighted by Crippen LogP contribution is -2.05. The molecule has 5 nitrogen and oxygen atoms in total. The van der Waals surface area contributed by atoms with Gasteiger partial charge in [-0.2, -0.15) is 0 Å². The number of nitrogens with zero attached hydrogens (tertiary/aromatic N) is 5. The van der Waals surface area contributed by atoms with Gasteiger partial charge >= 0.3 is 0 Å². The molecule has 5 heteroatoms. The number of allylic oxidation sites excluding steroid dienone is 1. The topological polar surface area (TPSA) is 32.6 Å². The molecule has 0 unspecified atom stereocenters. The summed E-state index contributed by atoms with van der Waals surface area (Å²) in [5.41, 5.74) is 16.5. The van der Waals surface area contributed by atoms with Gasteiger partial charge in [0, 0.05) is 71.6 Å². The summed E-state index contributed by atoms with van der Waals surface area (Å²) in [6.07, 6.45) is 6.66. The number of rotatable bonds is 5. The molecule has 1 aliphatic carbocycles. The van der Waals surface area contributed by atoms with Crippen LogP contribution in [0.5, 0.6) is 0 Å². The van der Waals surface area contributed by atoms with E-state index in [2.05, 4.69) is 231 Å². The number of pyridine rings is 1. The van der Waals surface area contributed by atoms with Gasteiger partial charge in [0.25, 0.3) is 0 Å². The summed E-state index contributed by atoms with van der Waals surface area (Å²) in [6.45, 7) is 0. The summed E-state index contributed by atoms with van der Waals surface area (Å²) in [5, 5.41) is 8.66. The van der Waals surface area contributed by atoms with E-state index in [1.54, 1.807) is 0 Å². The van der Waals surface area contributed by atoms with Crippen molar-refractivity contribution >= 4 is 82.4 Å². The molecule has 0 saturated carbocycles. The van der Waals surface area contributed by atoms with Gasteiger partial charge in [-0.1, -0.05) is 146 Å². The van der Waals surface area contributed by atoms with Gasteiger partial charge in [-0.05, 0) is 79.6 Å². The Morgan fingerprint density at radius 3 is 1.70 bits per heavy atom. The fourth-order valence-electron chi connectivity index (χ4n) is 11.0. The van der Waals surface area contributed by atoms with Gasteiger partial charge in [0.1, 0.15) is 5.82 Å². The van der Waals surface area contributed by atoms with E-state index in [1.807, 2.05) is 0 Å². The third-order valence-corrected chi connectivity index (χ3v) is 13.6. The van der Waals surface area contributed by atoms with E-state index in [0.29, 0.717) is 0 Å². The SMILES string of the molecule is C1=Cc2c(n(-c3cccc(-n4c5ccccc5c5ccc6c(c7ccccc7n6-c6cccc(-c7ccccc7)n6)c54)c3)c3c2ccc2c4ccccc4n(-c4ccccc4)c23)CC1. The van der Waals surface area contributed by atoms with Crippen molar-refractivity contribution in [3.05, 3.63) is 218 Å². The predicted molar refractivity (Wildman–Crippen MR) is 267 cm³/mol. The average molecular weight is 818 g/mol. The Kier molecular flexibility index (Phi) is 7.45. The molecule has 14 rings (SSSR count). The summed E-state index contributed by atoms with van der Waals surface area (Å²) in [5.74, 6) is 0.897. The maximum Gasteiger partial charge on any atom is 0.138 e. The summed E-state index contributed by atoms with van der Waals surface area (Å²) in [7, 11) is 0. The lowest BCUT2D eigenvalue weighted by molar-refractivity contribution is 0.888. The summed E-state index contributed by atoms with van der Waals surface area (Å²) >= 11 is 0. The highest BCUT2D eigenvalue weighted by atomic mass is 15.1. The minimum Gasteiger partial charge on any atom is -0.311 e. The van der Waals surface area contributed by atoms with E-state index >= 15 is 0 Å². The van der Waals surface area contributed by atoms with E-state index in [1.165, 1.54) is 76.5 Å². The first-order valence-electron chi connectivity index (χ1n) is 22.2. The minimum atomic E-state index is 0.897. The molecule has 8 aromatic carbocycles. The predicted octanol–water partition coefficient (Wildman–Crippen LogP) is 14.9. The second kappa shape index (κ2) is 13.5. The zero-order valence-corrected chi connectivity index (χ0v) is 34.9. The Balaban J connectivity index is 1.07. The molecule has 5 heterocycles. The zero-order valence-electron chi connectivity index (χ0n) is 34.9. The zero-order chi connectivity index (χ0) is 41.9. The maximum atomic E-state index is 5.30. The molecule has 1 aliphatic rings. The third-order valence-electron chi connectivity index (χ3n) is 13.6. The Bertz CT molecular complexity index is 4060. The largest absolute Gasteiger partial charge is 0.311 e. The lowest BCUT2D eigenvalue weighted by Gasteiger charge is -2.17. The van der Waals surface area contributed by atoms with E-state index in [9.17, 15) is 0 Å². The van der Waals surface area contributed by atoms with Crippen molar-refractivity contribution < 1.29 is 0 Å². The Morgan fingerprint density at radius 2 is 0.938 bits per heavy atom. The minimum absolute atomic E-state index is 0.897. The molecule has 0 amide bonds. The van der Waals surface area contributed by atoms with Gasteiger partial charge < -0.3 is 13.7 Å². The fourth-order valence-corrected chi connectivity index (χ4v) is 11.0. The lowest BCUT2D eigenvalue weighted by atomic mass is 10.0. The van der Waals surface area contributed by atoms with Crippen LogP contribution < -0.4 is 0 Å². The van der Waals surface area contributed by atoms with Crippen molar-refractivity contribution in [1.29, 1.82) is 0 Å². The van der Waals surface area contributed by atoms with Crippen molar-refractivity contribution in [2.24, 2.45) is 0 Å². The normalized spacial score (nSPS) is 12.8.